The Kier molecular flexibility index (Phi) is 5.47. The summed E-state index contributed by atoms with van der Waals surface area (Å²) >= 11 is 6.53. The molecule has 2 atom stereocenters. The fourth-order valence-electron chi connectivity index (χ4n) is 5.63. The molecule has 0 spiro atoms. The maximum Gasteiger partial charge on any atom is 0.271 e. The first-order valence-corrected chi connectivity index (χ1v) is 11.9. The van der Waals surface area contributed by atoms with Crippen molar-refractivity contribution >= 4 is 43.4 Å². The van der Waals surface area contributed by atoms with Gasteiger partial charge >= 0.3 is 0 Å². The number of nitrogens with zero attached hydrogens (tertiary/aromatic N) is 1. The zero-order valence-corrected chi connectivity index (χ0v) is 18.7. The third kappa shape index (κ3) is 2.96. The van der Waals surface area contributed by atoms with Crippen LogP contribution in [0.1, 0.15) is 37.8 Å². The Hall–Kier alpha value is -2.29. The minimum atomic E-state index is -4.27. The summed E-state index contributed by atoms with van der Waals surface area (Å²) in [5, 5.41) is 12.5. The van der Waals surface area contributed by atoms with Crippen LogP contribution >= 0.6 is 11.6 Å². The number of benzene rings is 2. The first kappa shape index (κ1) is 22.9. The van der Waals surface area contributed by atoms with E-state index in [0.717, 1.165) is 29.4 Å². The Balaban J connectivity index is 0.00000245. The van der Waals surface area contributed by atoms with Gasteiger partial charge in [-0.1, -0.05) is 25.4 Å². The molecule has 0 amide bonds. The van der Waals surface area contributed by atoms with Gasteiger partial charge in [0.05, 0.1) is 31.0 Å². The minimum Gasteiger partial charge on any atom is -0.505 e. The van der Waals surface area contributed by atoms with E-state index in [1.165, 1.54) is 20.4 Å². The third-order valence-electron chi connectivity index (χ3n) is 7.10. The second kappa shape index (κ2) is 7.64. The first-order valence-electron chi connectivity index (χ1n) is 10.1. The quantitative estimate of drug-likeness (QED) is 0.405. The van der Waals surface area contributed by atoms with Gasteiger partial charge in [0.25, 0.3) is 10.1 Å². The number of hydrogen-bond acceptors (Lipinski definition) is 6. The number of halogens is 1. The number of fused-ring (bicyclic) bond motifs is 7. The Morgan fingerprint density at radius 2 is 1.81 bits per heavy atom. The summed E-state index contributed by atoms with van der Waals surface area (Å²) in [6.45, 7) is 0. The van der Waals surface area contributed by atoms with Gasteiger partial charge in [-0.05, 0) is 65.6 Å². The normalized spacial score (nSPS) is 22.3. The van der Waals surface area contributed by atoms with Crippen LogP contribution in [0.4, 0.5) is 0 Å². The Bertz CT molecular complexity index is 1360. The molecule has 0 bridgehead atoms. The molecule has 3 aromatic rings. The maximum atomic E-state index is 12.6. The molecule has 1 heterocycles. The number of aromatic nitrogens is 1. The van der Waals surface area contributed by atoms with Gasteiger partial charge in [0.1, 0.15) is 4.75 Å². The SMILES string of the molecule is C.COc1cc2c3c(c4ncc(O)c(Cl)c4c2cc1OC)CC1CCCC1(S(=O)(=O)O)C3. The van der Waals surface area contributed by atoms with Crippen LogP contribution in [0.25, 0.3) is 21.7 Å². The van der Waals surface area contributed by atoms with E-state index in [0.29, 0.717) is 40.6 Å². The molecule has 2 aliphatic rings. The van der Waals surface area contributed by atoms with Gasteiger partial charge in [-0.3, -0.25) is 9.54 Å². The lowest BCUT2D eigenvalue weighted by molar-refractivity contribution is 0.340. The van der Waals surface area contributed by atoms with E-state index in [-0.39, 0.29) is 30.5 Å². The highest BCUT2D eigenvalue weighted by Crippen LogP contribution is 2.53. The lowest BCUT2D eigenvalue weighted by Gasteiger charge is -2.38. The summed E-state index contributed by atoms with van der Waals surface area (Å²) < 4.78 is 45.1. The van der Waals surface area contributed by atoms with Gasteiger partial charge in [-0.2, -0.15) is 8.42 Å². The number of methoxy groups -OCH3 is 2. The lowest BCUT2D eigenvalue weighted by atomic mass is 9.74. The summed E-state index contributed by atoms with van der Waals surface area (Å²) in [7, 11) is -1.22. The third-order valence-corrected chi connectivity index (χ3v) is 9.19. The molecular formula is C23H26ClNO6S. The summed E-state index contributed by atoms with van der Waals surface area (Å²) in [5.41, 5.74) is 2.35. The molecule has 0 saturated heterocycles. The summed E-state index contributed by atoms with van der Waals surface area (Å²) in [6, 6.07) is 3.57. The highest BCUT2D eigenvalue weighted by atomic mass is 35.5. The minimum absolute atomic E-state index is 0. The van der Waals surface area contributed by atoms with E-state index in [1.54, 1.807) is 12.1 Å². The molecule has 2 N–H and O–H groups in total. The van der Waals surface area contributed by atoms with Crippen LogP contribution in [0.5, 0.6) is 17.2 Å². The van der Waals surface area contributed by atoms with Crippen molar-refractivity contribution in [1.82, 2.24) is 4.98 Å². The highest BCUT2D eigenvalue weighted by Gasteiger charge is 2.55. The topological polar surface area (TPSA) is 106 Å². The van der Waals surface area contributed by atoms with Crippen LogP contribution in [-0.4, -0.2) is 42.0 Å². The zero-order valence-electron chi connectivity index (χ0n) is 17.1. The molecule has 0 radical (unpaired) electrons. The molecule has 2 aromatic carbocycles. The van der Waals surface area contributed by atoms with Gasteiger partial charge in [0, 0.05) is 5.39 Å². The monoisotopic (exact) mass is 479 g/mol. The number of ether oxygens (including phenoxy) is 2. The summed E-state index contributed by atoms with van der Waals surface area (Å²) in [5.74, 6) is 0.643. The van der Waals surface area contributed by atoms with E-state index >= 15 is 0 Å². The molecule has 172 valence electrons. The van der Waals surface area contributed by atoms with Crippen molar-refractivity contribution in [3.63, 3.8) is 0 Å². The van der Waals surface area contributed by atoms with Gasteiger partial charge in [-0.25, -0.2) is 0 Å². The van der Waals surface area contributed by atoms with E-state index in [4.69, 9.17) is 21.1 Å². The van der Waals surface area contributed by atoms with Crippen LogP contribution in [0, 0.1) is 5.92 Å². The standard InChI is InChI=1S/C22H22ClNO6S.CH4/c1-29-17-7-12-13(8-18(17)30-2)19-20(23)16(25)10-24-21(19)14-6-11-4-3-5-22(11,9-15(12)14)31(26,27)28;/h7-8,10-11,25H,3-6,9H2,1-2H3,(H,26,27,28);1H4. The van der Waals surface area contributed by atoms with Crippen molar-refractivity contribution in [3.8, 4) is 17.2 Å². The van der Waals surface area contributed by atoms with Crippen molar-refractivity contribution in [2.24, 2.45) is 5.92 Å². The predicted octanol–water partition coefficient (Wildman–Crippen LogP) is 4.93. The fourth-order valence-corrected chi connectivity index (χ4v) is 7.22. The molecule has 2 aliphatic carbocycles. The van der Waals surface area contributed by atoms with Crippen molar-refractivity contribution in [1.29, 1.82) is 0 Å². The number of aromatic hydroxyl groups is 1. The fraction of sp³-hybridized carbons (Fsp3) is 0.435. The molecule has 5 rings (SSSR count). The van der Waals surface area contributed by atoms with Crippen LogP contribution in [0.15, 0.2) is 18.3 Å². The molecular weight excluding hydrogens is 454 g/mol. The molecule has 1 saturated carbocycles. The molecule has 0 aliphatic heterocycles. The average Bonchev–Trinajstić information content (AvgIpc) is 3.18. The lowest BCUT2D eigenvalue weighted by Crippen LogP contribution is -2.47. The maximum absolute atomic E-state index is 12.6. The Morgan fingerprint density at radius 1 is 1.16 bits per heavy atom. The van der Waals surface area contributed by atoms with Crippen LogP contribution in [0.3, 0.4) is 0 Å². The van der Waals surface area contributed by atoms with E-state index in [9.17, 15) is 18.1 Å². The van der Waals surface area contributed by atoms with Crippen LogP contribution in [-0.2, 0) is 23.0 Å². The van der Waals surface area contributed by atoms with Gasteiger partial charge in [0.2, 0.25) is 0 Å². The van der Waals surface area contributed by atoms with Crippen molar-refractivity contribution in [2.75, 3.05) is 14.2 Å². The number of rotatable bonds is 3. The number of hydrogen-bond donors (Lipinski definition) is 2. The predicted molar refractivity (Wildman–Crippen MR) is 125 cm³/mol. The molecule has 32 heavy (non-hydrogen) atoms. The molecule has 2 unspecified atom stereocenters. The molecule has 9 heteroatoms. The molecule has 1 aromatic heterocycles. The average molecular weight is 480 g/mol. The van der Waals surface area contributed by atoms with Crippen molar-refractivity contribution < 1.29 is 27.6 Å². The summed E-state index contributed by atoms with van der Waals surface area (Å²) in [4.78, 5) is 4.48. The van der Waals surface area contributed by atoms with Gasteiger partial charge in [0.15, 0.2) is 17.2 Å². The Morgan fingerprint density at radius 3 is 2.44 bits per heavy atom. The zero-order chi connectivity index (χ0) is 22.1. The first-order chi connectivity index (χ1) is 14.7. The smallest absolute Gasteiger partial charge is 0.271 e. The van der Waals surface area contributed by atoms with E-state index < -0.39 is 14.9 Å². The number of pyridine rings is 1. The highest BCUT2D eigenvalue weighted by molar-refractivity contribution is 7.87. The van der Waals surface area contributed by atoms with Gasteiger partial charge in [-0.15, -0.1) is 0 Å². The summed E-state index contributed by atoms with van der Waals surface area (Å²) in [6.07, 6.45) is 3.85. The van der Waals surface area contributed by atoms with Crippen LogP contribution in [0.2, 0.25) is 5.02 Å². The second-order valence-electron chi connectivity index (χ2n) is 8.40. The van der Waals surface area contributed by atoms with Crippen molar-refractivity contribution in [3.05, 3.63) is 34.5 Å². The van der Waals surface area contributed by atoms with E-state index in [2.05, 4.69) is 4.98 Å². The van der Waals surface area contributed by atoms with Gasteiger partial charge < -0.3 is 14.6 Å². The van der Waals surface area contributed by atoms with Crippen molar-refractivity contribution in [2.45, 2.75) is 44.3 Å². The second-order valence-corrected chi connectivity index (χ2v) is 10.5. The molecule has 1 fully saturated rings. The Labute approximate surface area is 192 Å². The molecule has 7 nitrogen and oxygen atoms in total. The largest absolute Gasteiger partial charge is 0.505 e. The van der Waals surface area contributed by atoms with Crippen LogP contribution < -0.4 is 9.47 Å². The van der Waals surface area contributed by atoms with E-state index in [1.807, 2.05) is 0 Å².